The van der Waals surface area contributed by atoms with Crippen LogP contribution in [0.4, 0.5) is 0 Å². The molecule has 3 atom stereocenters. The molecular formula is C3H14O11Si4. The lowest BCUT2D eigenvalue weighted by Crippen LogP contribution is -2.71. The van der Waals surface area contributed by atoms with Crippen LogP contribution in [0, 0.1) is 0 Å². The van der Waals surface area contributed by atoms with Crippen molar-refractivity contribution in [3.05, 3.63) is 0 Å². The van der Waals surface area contributed by atoms with E-state index in [0.717, 1.165) is 14.2 Å². The van der Waals surface area contributed by atoms with Gasteiger partial charge >= 0.3 is 36.4 Å². The van der Waals surface area contributed by atoms with Crippen LogP contribution < -0.4 is 0 Å². The largest absolute Gasteiger partial charge is 0.668 e. The molecule has 0 aliphatic carbocycles. The summed E-state index contributed by atoms with van der Waals surface area (Å²) in [6.07, 6.45) is -0.612. The molecular weight excluding hydrogens is 324 g/mol. The Bertz CT molecular complexity index is 285. The molecule has 1 saturated heterocycles. The fraction of sp³-hybridized carbons (Fsp3) is 1.00. The van der Waals surface area contributed by atoms with Gasteiger partial charge in [-0.25, -0.2) is 0 Å². The summed E-state index contributed by atoms with van der Waals surface area (Å²) in [5.74, 6) is 0. The molecule has 1 heterocycles. The maximum absolute atomic E-state index is 9.85. The SMILES string of the molecule is CO[Si](O)(O)O[Si]1(O)O[SiH](CO)O[Si](O)(OC)O1. The normalized spacial score (nSPS) is 37.8. The van der Waals surface area contributed by atoms with E-state index < -0.39 is 42.7 Å². The third-order valence-electron chi connectivity index (χ3n) is 1.75. The molecule has 1 aliphatic rings. The van der Waals surface area contributed by atoms with Crippen molar-refractivity contribution in [1.82, 2.24) is 0 Å². The van der Waals surface area contributed by atoms with Crippen molar-refractivity contribution in [2.24, 2.45) is 0 Å². The highest BCUT2D eigenvalue weighted by Crippen LogP contribution is 2.24. The molecule has 0 aromatic rings. The first-order valence-corrected chi connectivity index (χ1v) is 11.4. The summed E-state index contributed by atoms with van der Waals surface area (Å²) in [6.45, 7) is 0. The highest BCUT2D eigenvalue weighted by Gasteiger charge is 2.65. The fourth-order valence-electron chi connectivity index (χ4n) is 0.986. The summed E-state index contributed by atoms with van der Waals surface area (Å²) < 4.78 is 27.5. The van der Waals surface area contributed by atoms with Gasteiger partial charge in [-0.3, -0.25) is 0 Å². The fourth-order valence-corrected chi connectivity index (χ4v) is 11.0. The lowest BCUT2D eigenvalue weighted by atomic mass is 11.7. The van der Waals surface area contributed by atoms with Gasteiger partial charge in [0.1, 0.15) is 0 Å². The Hall–Kier alpha value is 0.428. The number of hydrogen-bond acceptors (Lipinski definition) is 11. The first-order chi connectivity index (χ1) is 8.17. The van der Waals surface area contributed by atoms with Crippen LogP contribution in [0.2, 0.25) is 0 Å². The molecule has 108 valence electrons. The van der Waals surface area contributed by atoms with Crippen LogP contribution in [0.15, 0.2) is 0 Å². The van der Waals surface area contributed by atoms with Gasteiger partial charge in [0.25, 0.3) is 0 Å². The van der Waals surface area contributed by atoms with Crippen molar-refractivity contribution in [2.45, 2.75) is 0 Å². The van der Waals surface area contributed by atoms with Gasteiger partial charge in [0.2, 0.25) is 0 Å². The first-order valence-electron chi connectivity index (χ1n) is 4.54. The zero-order valence-electron chi connectivity index (χ0n) is 9.47. The Morgan fingerprint density at radius 3 is 2.17 bits per heavy atom. The smallest absolute Gasteiger partial charge is 0.395 e. The van der Waals surface area contributed by atoms with E-state index in [9.17, 15) is 19.2 Å². The maximum atomic E-state index is 9.85. The molecule has 0 aromatic heterocycles. The van der Waals surface area contributed by atoms with Crippen LogP contribution in [-0.2, 0) is 25.3 Å². The molecule has 5 N–H and O–H groups in total. The average molecular weight is 338 g/mol. The number of aliphatic hydroxyl groups excluding tert-OH is 1. The van der Waals surface area contributed by atoms with E-state index in [1.807, 2.05) is 0 Å². The Balaban J connectivity index is 2.85. The van der Waals surface area contributed by atoms with E-state index in [2.05, 4.69) is 17.1 Å². The van der Waals surface area contributed by atoms with Crippen molar-refractivity contribution in [1.29, 1.82) is 0 Å². The zero-order chi connectivity index (χ0) is 14.0. The minimum atomic E-state index is -4.65. The van der Waals surface area contributed by atoms with Crippen LogP contribution in [0.5, 0.6) is 0 Å². The van der Waals surface area contributed by atoms with Crippen LogP contribution in [0.3, 0.4) is 0 Å². The molecule has 3 unspecified atom stereocenters. The summed E-state index contributed by atoms with van der Waals surface area (Å²) >= 11 is 0. The number of rotatable bonds is 5. The lowest BCUT2D eigenvalue weighted by Gasteiger charge is -2.38. The van der Waals surface area contributed by atoms with Crippen LogP contribution in [0.1, 0.15) is 0 Å². The van der Waals surface area contributed by atoms with Crippen molar-refractivity contribution >= 4 is 36.4 Å². The molecule has 1 rings (SSSR count). The summed E-state index contributed by atoms with van der Waals surface area (Å²) in [6, 6.07) is 0. The third-order valence-corrected chi connectivity index (χ3v) is 11.7. The summed E-state index contributed by atoms with van der Waals surface area (Å²) in [5.41, 5.74) is 0. The predicted molar refractivity (Wildman–Crippen MR) is 58.7 cm³/mol. The van der Waals surface area contributed by atoms with Crippen LogP contribution in [0.25, 0.3) is 0 Å². The van der Waals surface area contributed by atoms with Crippen LogP contribution >= 0.6 is 0 Å². The molecule has 0 amide bonds. The molecule has 1 aliphatic heterocycles. The van der Waals surface area contributed by atoms with E-state index in [4.69, 9.17) is 13.3 Å². The van der Waals surface area contributed by atoms with Crippen LogP contribution in [-0.4, -0.2) is 81.2 Å². The maximum Gasteiger partial charge on any atom is 0.668 e. The van der Waals surface area contributed by atoms with Gasteiger partial charge < -0.3 is 49.6 Å². The van der Waals surface area contributed by atoms with E-state index in [1.165, 1.54) is 0 Å². The Morgan fingerprint density at radius 1 is 1.17 bits per heavy atom. The van der Waals surface area contributed by atoms with Gasteiger partial charge in [0.05, 0.1) is 6.23 Å². The zero-order valence-corrected chi connectivity index (χ0v) is 13.6. The Labute approximate surface area is 107 Å². The minimum absolute atomic E-state index is 0.612. The number of aliphatic hydroxyl groups is 1. The highest BCUT2D eigenvalue weighted by molar-refractivity contribution is 6.81. The molecule has 0 saturated carbocycles. The summed E-state index contributed by atoms with van der Waals surface area (Å²) in [4.78, 5) is 38.0. The number of hydrogen-bond donors (Lipinski definition) is 5. The molecule has 0 radical (unpaired) electrons. The van der Waals surface area contributed by atoms with E-state index in [1.54, 1.807) is 0 Å². The second-order valence-corrected chi connectivity index (χ2v) is 11.8. The second kappa shape index (κ2) is 5.82. The van der Waals surface area contributed by atoms with Crippen molar-refractivity contribution in [3.63, 3.8) is 0 Å². The van der Waals surface area contributed by atoms with E-state index in [-0.39, 0.29) is 0 Å². The quantitative estimate of drug-likeness (QED) is 0.307. The van der Waals surface area contributed by atoms with Gasteiger partial charge in [-0.05, 0) is 0 Å². The Morgan fingerprint density at radius 2 is 1.72 bits per heavy atom. The van der Waals surface area contributed by atoms with Crippen molar-refractivity contribution in [2.75, 3.05) is 20.4 Å². The summed E-state index contributed by atoms with van der Waals surface area (Å²) in [7, 11) is -14.5. The van der Waals surface area contributed by atoms with Gasteiger partial charge in [0, 0.05) is 14.2 Å². The van der Waals surface area contributed by atoms with Crippen molar-refractivity contribution in [3.8, 4) is 0 Å². The van der Waals surface area contributed by atoms with Gasteiger partial charge in [-0.1, -0.05) is 0 Å². The monoisotopic (exact) mass is 338 g/mol. The molecule has 1 fully saturated rings. The highest BCUT2D eigenvalue weighted by atomic mass is 28.6. The molecule has 0 bridgehead atoms. The molecule has 11 nitrogen and oxygen atoms in total. The standard InChI is InChI=1S/C3H14O11Si4/c1-9-16(5,6)13-18(8)12-15(3-4)11-17(7,10-2)14-18/h4-8,15H,3H2,1-2H3. The average Bonchev–Trinajstić information content (AvgIpc) is 2.26. The van der Waals surface area contributed by atoms with Gasteiger partial charge in [-0.15, -0.1) is 0 Å². The molecule has 0 aromatic carbocycles. The van der Waals surface area contributed by atoms with Gasteiger partial charge in [-0.2, -0.15) is 0 Å². The predicted octanol–water partition coefficient (Wildman–Crippen LogP) is -4.61. The summed E-state index contributed by atoms with van der Waals surface area (Å²) in [5, 5.41) is 8.93. The third kappa shape index (κ3) is 4.22. The van der Waals surface area contributed by atoms with Gasteiger partial charge in [0.15, 0.2) is 0 Å². The van der Waals surface area contributed by atoms with Crippen molar-refractivity contribution < 1.29 is 49.6 Å². The Kier molecular flexibility index (Phi) is 5.33. The molecule has 0 spiro atoms. The van der Waals surface area contributed by atoms with E-state index in [0.29, 0.717) is 0 Å². The molecule has 15 heteroatoms. The topological polar surface area (TPSA) is 157 Å². The van der Waals surface area contributed by atoms with E-state index >= 15 is 0 Å². The second-order valence-electron chi connectivity index (χ2n) is 3.06. The lowest BCUT2D eigenvalue weighted by molar-refractivity contribution is -0.0258. The molecule has 18 heavy (non-hydrogen) atoms. The minimum Gasteiger partial charge on any atom is -0.395 e. The first kappa shape index (κ1) is 16.5.